The first-order chi connectivity index (χ1) is 12.3. The summed E-state index contributed by atoms with van der Waals surface area (Å²) in [5, 5.41) is 7.29. The summed E-state index contributed by atoms with van der Waals surface area (Å²) in [6.07, 6.45) is 8.15. The maximum Gasteiger partial charge on any atom is 0.191 e. The van der Waals surface area contributed by atoms with E-state index in [1.54, 1.807) is 0 Å². The third-order valence-corrected chi connectivity index (χ3v) is 6.14. The van der Waals surface area contributed by atoms with Crippen LogP contribution in [-0.4, -0.2) is 38.7 Å². The van der Waals surface area contributed by atoms with Gasteiger partial charge in [0, 0.05) is 38.4 Å². The van der Waals surface area contributed by atoms with Crippen molar-refractivity contribution in [3.8, 4) is 0 Å². The summed E-state index contributed by atoms with van der Waals surface area (Å²) < 4.78 is 0. The zero-order chi connectivity index (χ0) is 17.1. The van der Waals surface area contributed by atoms with E-state index in [-0.39, 0.29) is 0 Å². The summed E-state index contributed by atoms with van der Waals surface area (Å²) in [5.74, 6) is 3.88. The van der Waals surface area contributed by atoms with Crippen LogP contribution in [0.4, 0.5) is 5.69 Å². The second kappa shape index (κ2) is 7.67. The average molecular weight is 341 g/mol. The molecule has 3 fully saturated rings. The number of nitrogens with one attached hydrogen (secondary N) is 2. The van der Waals surface area contributed by atoms with Crippen LogP contribution in [0.25, 0.3) is 0 Å². The fraction of sp³-hybridized carbons (Fsp3) is 0.667. The number of anilines is 1. The number of hydrogen-bond donors (Lipinski definition) is 2. The number of nitrogens with zero attached hydrogens (tertiary/aromatic N) is 2. The molecule has 2 aliphatic carbocycles. The highest BCUT2D eigenvalue weighted by Crippen LogP contribution is 2.48. The molecule has 4 nitrogen and oxygen atoms in total. The van der Waals surface area contributed by atoms with Gasteiger partial charge in [0.2, 0.25) is 0 Å². The van der Waals surface area contributed by atoms with Gasteiger partial charge in [-0.2, -0.15) is 0 Å². The van der Waals surface area contributed by atoms with Crippen molar-refractivity contribution < 1.29 is 0 Å². The van der Waals surface area contributed by atoms with Crippen LogP contribution in [0.5, 0.6) is 0 Å². The molecule has 0 radical (unpaired) electrons. The third-order valence-electron chi connectivity index (χ3n) is 6.14. The smallest absolute Gasteiger partial charge is 0.191 e. The van der Waals surface area contributed by atoms with E-state index in [1.165, 1.54) is 44.2 Å². The monoisotopic (exact) mass is 340 g/mol. The van der Waals surface area contributed by atoms with Crippen molar-refractivity contribution in [2.45, 2.75) is 44.6 Å². The molecule has 0 atom stereocenters. The molecular weight excluding hydrogens is 308 g/mol. The number of aliphatic imine (C=N–C) groups is 1. The molecule has 136 valence electrons. The minimum Gasteiger partial charge on any atom is -0.371 e. The molecule has 25 heavy (non-hydrogen) atoms. The average Bonchev–Trinajstić information content (AvgIpc) is 3.56. The van der Waals surface area contributed by atoms with Gasteiger partial charge in [-0.15, -0.1) is 0 Å². The Kier molecular flexibility index (Phi) is 5.14. The summed E-state index contributed by atoms with van der Waals surface area (Å²) in [6, 6.07) is 11.3. The van der Waals surface area contributed by atoms with Crippen LogP contribution in [0.2, 0.25) is 0 Å². The summed E-state index contributed by atoms with van der Waals surface area (Å²) in [4.78, 5) is 6.96. The maximum absolute atomic E-state index is 4.47. The fourth-order valence-electron chi connectivity index (χ4n) is 4.29. The van der Waals surface area contributed by atoms with Crippen molar-refractivity contribution in [1.82, 2.24) is 10.6 Å². The van der Waals surface area contributed by atoms with Gasteiger partial charge in [-0.05, 0) is 68.4 Å². The van der Waals surface area contributed by atoms with Crippen molar-refractivity contribution in [2.75, 3.05) is 31.6 Å². The standard InChI is InChI=1S/C21H32N4/c1-22-21(23-15-20(16-7-8-16)17-9-10-17)24-18-11-13-25(14-12-18)19-5-3-2-4-6-19/h2-6,16-18,20H,7-15H2,1H3,(H2,22,23,24). The highest BCUT2D eigenvalue weighted by atomic mass is 15.2. The molecule has 1 aromatic rings. The van der Waals surface area contributed by atoms with Crippen LogP contribution < -0.4 is 15.5 Å². The molecule has 1 heterocycles. The zero-order valence-electron chi connectivity index (χ0n) is 15.5. The summed E-state index contributed by atoms with van der Waals surface area (Å²) in [7, 11) is 1.90. The van der Waals surface area contributed by atoms with E-state index in [1.807, 2.05) is 7.05 Å². The van der Waals surface area contributed by atoms with Gasteiger partial charge in [-0.1, -0.05) is 18.2 Å². The van der Waals surface area contributed by atoms with Gasteiger partial charge in [-0.25, -0.2) is 0 Å². The Morgan fingerprint density at radius 2 is 1.68 bits per heavy atom. The lowest BCUT2D eigenvalue weighted by molar-refractivity contribution is 0.396. The Morgan fingerprint density at radius 3 is 2.24 bits per heavy atom. The first-order valence-electron chi connectivity index (χ1n) is 10.1. The predicted octanol–water partition coefficient (Wildman–Crippen LogP) is 3.26. The van der Waals surface area contributed by atoms with Crippen molar-refractivity contribution in [3.63, 3.8) is 0 Å². The van der Waals surface area contributed by atoms with Gasteiger partial charge in [-0.3, -0.25) is 4.99 Å². The largest absolute Gasteiger partial charge is 0.371 e. The lowest BCUT2D eigenvalue weighted by Gasteiger charge is -2.34. The van der Waals surface area contributed by atoms with Gasteiger partial charge < -0.3 is 15.5 Å². The fourth-order valence-corrected chi connectivity index (χ4v) is 4.29. The van der Waals surface area contributed by atoms with Gasteiger partial charge in [0.15, 0.2) is 5.96 Å². The Balaban J connectivity index is 1.22. The molecule has 2 N–H and O–H groups in total. The lowest BCUT2D eigenvalue weighted by Crippen LogP contribution is -2.49. The Labute approximate surface area is 152 Å². The molecule has 1 saturated heterocycles. The van der Waals surface area contributed by atoms with E-state index in [4.69, 9.17) is 0 Å². The van der Waals surface area contributed by atoms with E-state index >= 15 is 0 Å². The van der Waals surface area contributed by atoms with E-state index in [0.717, 1.165) is 43.3 Å². The summed E-state index contributed by atoms with van der Waals surface area (Å²) in [6.45, 7) is 3.34. The first kappa shape index (κ1) is 16.7. The highest BCUT2D eigenvalue weighted by Gasteiger charge is 2.41. The van der Waals surface area contributed by atoms with E-state index in [9.17, 15) is 0 Å². The van der Waals surface area contributed by atoms with Crippen LogP contribution in [0.3, 0.4) is 0 Å². The third kappa shape index (κ3) is 4.47. The topological polar surface area (TPSA) is 39.7 Å². The quantitative estimate of drug-likeness (QED) is 0.617. The number of hydrogen-bond acceptors (Lipinski definition) is 2. The van der Waals surface area contributed by atoms with Crippen LogP contribution >= 0.6 is 0 Å². The van der Waals surface area contributed by atoms with Crippen LogP contribution in [-0.2, 0) is 0 Å². The van der Waals surface area contributed by atoms with Gasteiger partial charge in [0.05, 0.1) is 0 Å². The van der Waals surface area contributed by atoms with Gasteiger partial charge >= 0.3 is 0 Å². The first-order valence-corrected chi connectivity index (χ1v) is 10.1. The second-order valence-electron chi connectivity index (χ2n) is 8.03. The van der Waals surface area contributed by atoms with Crippen molar-refractivity contribution in [3.05, 3.63) is 30.3 Å². The molecule has 3 aliphatic rings. The number of para-hydroxylation sites is 1. The Morgan fingerprint density at radius 1 is 1.04 bits per heavy atom. The van der Waals surface area contributed by atoms with Crippen LogP contribution in [0, 0.1) is 17.8 Å². The molecule has 4 rings (SSSR count). The molecule has 0 aromatic heterocycles. The molecular formula is C21H32N4. The van der Waals surface area contributed by atoms with Gasteiger partial charge in [0.1, 0.15) is 0 Å². The minimum atomic E-state index is 0.534. The number of rotatable bonds is 6. The molecule has 4 heteroatoms. The SMILES string of the molecule is CN=C(NCC(C1CC1)C1CC1)NC1CCN(c2ccccc2)CC1. The van der Waals surface area contributed by atoms with E-state index < -0.39 is 0 Å². The zero-order valence-corrected chi connectivity index (χ0v) is 15.5. The van der Waals surface area contributed by atoms with Crippen LogP contribution in [0.15, 0.2) is 35.3 Å². The van der Waals surface area contributed by atoms with Crippen molar-refractivity contribution in [1.29, 1.82) is 0 Å². The van der Waals surface area contributed by atoms with Crippen LogP contribution in [0.1, 0.15) is 38.5 Å². The summed E-state index contributed by atoms with van der Waals surface area (Å²) in [5.41, 5.74) is 1.35. The number of guanidine groups is 1. The van der Waals surface area contributed by atoms with Gasteiger partial charge in [0.25, 0.3) is 0 Å². The number of piperidine rings is 1. The number of benzene rings is 1. The molecule has 1 aromatic carbocycles. The molecule has 0 unspecified atom stereocenters. The molecule has 0 bridgehead atoms. The normalized spacial score (nSPS) is 22.3. The molecule has 0 spiro atoms. The predicted molar refractivity (Wildman–Crippen MR) is 105 cm³/mol. The summed E-state index contributed by atoms with van der Waals surface area (Å²) >= 11 is 0. The maximum atomic E-state index is 4.47. The Bertz CT molecular complexity index is 557. The molecule has 0 amide bonds. The molecule has 1 aliphatic heterocycles. The second-order valence-corrected chi connectivity index (χ2v) is 8.03. The van der Waals surface area contributed by atoms with E-state index in [2.05, 4.69) is 50.9 Å². The molecule has 2 saturated carbocycles. The van der Waals surface area contributed by atoms with Crippen molar-refractivity contribution >= 4 is 11.6 Å². The van der Waals surface area contributed by atoms with Crippen molar-refractivity contribution in [2.24, 2.45) is 22.7 Å². The highest BCUT2D eigenvalue weighted by molar-refractivity contribution is 5.80. The lowest BCUT2D eigenvalue weighted by atomic mass is 9.98. The van der Waals surface area contributed by atoms with E-state index in [0.29, 0.717) is 6.04 Å². The Hall–Kier alpha value is -1.71. The minimum absolute atomic E-state index is 0.534.